The number of nitriles is 1. The van der Waals surface area contributed by atoms with Gasteiger partial charge >= 0.3 is 0 Å². The molecule has 1 fully saturated rings. The minimum absolute atomic E-state index is 0.0924. The number of rotatable bonds is 6. The van der Waals surface area contributed by atoms with Gasteiger partial charge in [-0.25, -0.2) is 4.98 Å². The van der Waals surface area contributed by atoms with Crippen LogP contribution in [0.2, 0.25) is 0 Å². The van der Waals surface area contributed by atoms with Crippen LogP contribution < -0.4 is 15.4 Å². The molecule has 0 bridgehead atoms. The van der Waals surface area contributed by atoms with E-state index in [0.717, 1.165) is 40.3 Å². The molecule has 0 amide bonds. The molecule has 6 nitrogen and oxygen atoms in total. The molecule has 170 valence electrons. The first-order chi connectivity index (χ1) is 16.4. The Kier molecular flexibility index (Phi) is 5.54. The van der Waals surface area contributed by atoms with Crippen molar-refractivity contribution in [2.24, 2.45) is 13.0 Å². The maximum absolute atomic E-state index is 12.9. The largest absolute Gasteiger partial charge is 0.378 e. The van der Waals surface area contributed by atoms with E-state index in [1.54, 1.807) is 23.7 Å². The molecular weight excluding hydrogens is 422 g/mol. The van der Waals surface area contributed by atoms with E-state index in [1.807, 2.05) is 20.2 Å². The number of fused-ring (bicyclic) bond motifs is 1. The zero-order valence-electron chi connectivity index (χ0n) is 19.7. The summed E-state index contributed by atoms with van der Waals surface area (Å²) in [7, 11) is 5.81. The summed E-state index contributed by atoms with van der Waals surface area (Å²) < 4.78 is 1.59. The molecule has 0 unspecified atom stereocenters. The van der Waals surface area contributed by atoms with E-state index < -0.39 is 0 Å². The third-order valence-corrected chi connectivity index (χ3v) is 6.49. The molecule has 2 heterocycles. The van der Waals surface area contributed by atoms with Crippen molar-refractivity contribution in [3.63, 3.8) is 0 Å². The normalized spacial score (nSPS) is 13.0. The number of benzene rings is 2. The van der Waals surface area contributed by atoms with Crippen LogP contribution >= 0.6 is 0 Å². The molecule has 0 saturated heterocycles. The summed E-state index contributed by atoms with van der Waals surface area (Å²) in [6, 6.07) is 24.2. The molecule has 1 aliphatic carbocycles. The van der Waals surface area contributed by atoms with Gasteiger partial charge in [-0.1, -0.05) is 24.3 Å². The maximum atomic E-state index is 12.9. The Labute approximate surface area is 199 Å². The average molecular weight is 450 g/mol. The second-order valence-electron chi connectivity index (χ2n) is 9.15. The number of aromatic nitrogens is 2. The Morgan fingerprint density at radius 2 is 1.76 bits per heavy atom. The van der Waals surface area contributed by atoms with Crippen molar-refractivity contribution >= 4 is 28.1 Å². The van der Waals surface area contributed by atoms with Crippen LogP contribution in [-0.2, 0) is 7.05 Å². The zero-order valence-corrected chi connectivity index (χ0v) is 19.7. The maximum Gasteiger partial charge on any atom is 0.252 e. The summed E-state index contributed by atoms with van der Waals surface area (Å²) in [4.78, 5) is 21.8. The highest BCUT2D eigenvalue weighted by Crippen LogP contribution is 2.38. The Balaban J connectivity index is 1.64. The number of hydrogen-bond acceptors (Lipinski definition) is 5. The van der Waals surface area contributed by atoms with Crippen molar-refractivity contribution in [2.45, 2.75) is 12.8 Å². The smallest absolute Gasteiger partial charge is 0.252 e. The first kappa shape index (κ1) is 21.7. The molecule has 0 radical (unpaired) electrons. The number of pyridine rings is 2. The Hall–Kier alpha value is -4.11. The van der Waals surface area contributed by atoms with Gasteiger partial charge in [0.1, 0.15) is 17.3 Å². The second-order valence-corrected chi connectivity index (χ2v) is 9.15. The summed E-state index contributed by atoms with van der Waals surface area (Å²) in [6.07, 6.45) is 2.36. The lowest BCUT2D eigenvalue weighted by molar-refractivity contribution is 0.811. The monoisotopic (exact) mass is 449 g/mol. The van der Waals surface area contributed by atoms with Gasteiger partial charge in [-0.15, -0.1) is 0 Å². The first-order valence-electron chi connectivity index (χ1n) is 11.5. The minimum Gasteiger partial charge on any atom is -0.378 e. The van der Waals surface area contributed by atoms with Crippen LogP contribution in [0.3, 0.4) is 0 Å². The van der Waals surface area contributed by atoms with Crippen LogP contribution in [-0.4, -0.2) is 30.2 Å². The van der Waals surface area contributed by atoms with Gasteiger partial charge in [-0.05, 0) is 66.3 Å². The molecule has 0 spiro atoms. The molecule has 34 heavy (non-hydrogen) atoms. The third kappa shape index (κ3) is 4.13. The molecule has 6 heteroatoms. The van der Waals surface area contributed by atoms with Gasteiger partial charge in [0.15, 0.2) is 0 Å². The summed E-state index contributed by atoms with van der Waals surface area (Å²) >= 11 is 0. The standard InChI is InChI=1S/C28H27N5O/c1-31(2)23-12-9-20(10-13-23)21-5-4-6-24(15-21)33(18-19-7-8-19)26-16-27(34)32(3)25-14-11-22(17-29)30-28(25)26/h4-6,9-16,19H,7-8,18H2,1-3H3. The highest BCUT2D eigenvalue weighted by atomic mass is 16.1. The molecule has 4 aromatic rings. The zero-order chi connectivity index (χ0) is 23.8. The summed E-state index contributed by atoms with van der Waals surface area (Å²) in [6.45, 7) is 0.809. The molecule has 1 aliphatic rings. The van der Waals surface area contributed by atoms with Crippen molar-refractivity contribution in [3.05, 3.63) is 82.8 Å². The molecule has 5 rings (SSSR count). The Morgan fingerprint density at radius 3 is 2.44 bits per heavy atom. The summed E-state index contributed by atoms with van der Waals surface area (Å²) in [5.74, 6) is 0.585. The number of aryl methyl sites for hydroxylation is 1. The van der Waals surface area contributed by atoms with Gasteiger partial charge < -0.3 is 14.4 Å². The number of nitrogens with zero attached hydrogens (tertiary/aromatic N) is 5. The lowest BCUT2D eigenvalue weighted by Crippen LogP contribution is -2.25. The van der Waals surface area contributed by atoms with E-state index in [9.17, 15) is 10.1 Å². The average Bonchev–Trinajstić information content (AvgIpc) is 3.69. The van der Waals surface area contributed by atoms with Crippen molar-refractivity contribution in [3.8, 4) is 17.2 Å². The number of hydrogen-bond donors (Lipinski definition) is 0. The first-order valence-corrected chi connectivity index (χ1v) is 11.5. The quantitative estimate of drug-likeness (QED) is 0.410. The van der Waals surface area contributed by atoms with Gasteiger partial charge in [0.2, 0.25) is 0 Å². The number of anilines is 3. The molecule has 2 aromatic heterocycles. The van der Waals surface area contributed by atoms with E-state index in [1.165, 1.54) is 12.8 Å². The Morgan fingerprint density at radius 1 is 1.00 bits per heavy atom. The highest BCUT2D eigenvalue weighted by Gasteiger charge is 2.27. The van der Waals surface area contributed by atoms with Crippen LogP contribution in [0.4, 0.5) is 17.1 Å². The molecule has 0 aliphatic heterocycles. The fourth-order valence-electron chi connectivity index (χ4n) is 4.29. The SMILES string of the molecule is CN(C)c1ccc(-c2cccc(N(CC3CC3)c3cc(=O)n(C)c4ccc(C#N)nc34)c2)cc1. The molecular formula is C28H27N5O. The van der Waals surface area contributed by atoms with Crippen molar-refractivity contribution in [1.29, 1.82) is 5.26 Å². The third-order valence-electron chi connectivity index (χ3n) is 6.49. The van der Waals surface area contributed by atoms with Crippen LogP contribution in [0.5, 0.6) is 0 Å². The topological polar surface area (TPSA) is 65.2 Å². The minimum atomic E-state index is -0.0924. The Bertz CT molecular complexity index is 1460. The van der Waals surface area contributed by atoms with E-state index >= 15 is 0 Å². The fourth-order valence-corrected chi connectivity index (χ4v) is 4.29. The van der Waals surface area contributed by atoms with E-state index in [4.69, 9.17) is 0 Å². The molecule has 0 N–H and O–H groups in total. The van der Waals surface area contributed by atoms with Gasteiger partial charge in [0, 0.05) is 45.1 Å². The van der Waals surface area contributed by atoms with Crippen LogP contribution in [0, 0.1) is 17.2 Å². The predicted molar refractivity (Wildman–Crippen MR) is 138 cm³/mol. The summed E-state index contributed by atoms with van der Waals surface area (Å²) in [5.41, 5.74) is 6.81. The van der Waals surface area contributed by atoms with Gasteiger partial charge in [0.05, 0.1) is 11.2 Å². The van der Waals surface area contributed by atoms with Crippen molar-refractivity contribution < 1.29 is 0 Å². The van der Waals surface area contributed by atoms with E-state index in [0.29, 0.717) is 17.1 Å². The second kappa shape index (κ2) is 8.68. The molecule has 0 atom stereocenters. The van der Waals surface area contributed by atoms with Crippen molar-refractivity contribution in [1.82, 2.24) is 9.55 Å². The molecule has 2 aromatic carbocycles. The van der Waals surface area contributed by atoms with Crippen LogP contribution in [0.25, 0.3) is 22.2 Å². The van der Waals surface area contributed by atoms with E-state index in [2.05, 4.69) is 69.4 Å². The van der Waals surface area contributed by atoms with Crippen molar-refractivity contribution in [2.75, 3.05) is 30.4 Å². The molecule has 1 saturated carbocycles. The fraction of sp³-hybridized carbons (Fsp3) is 0.250. The lowest BCUT2D eigenvalue weighted by atomic mass is 10.0. The lowest BCUT2D eigenvalue weighted by Gasteiger charge is -2.27. The van der Waals surface area contributed by atoms with E-state index in [-0.39, 0.29) is 5.56 Å². The van der Waals surface area contributed by atoms with Gasteiger partial charge in [-0.3, -0.25) is 4.79 Å². The van der Waals surface area contributed by atoms with Crippen LogP contribution in [0.1, 0.15) is 18.5 Å². The predicted octanol–water partition coefficient (Wildman–Crippen LogP) is 5.09. The van der Waals surface area contributed by atoms with Gasteiger partial charge in [0.25, 0.3) is 5.56 Å². The highest BCUT2D eigenvalue weighted by molar-refractivity contribution is 5.91. The van der Waals surface area contributed by atoms with Crippen LogP contribution in [0.15, 0.2) is 71.5 Å². The van der Waals surface area contributed by atoms with Gasteiger partial charge in [-0.2, -0.15) is 5.26 Å². The summed E-state index contributed by atoms with van der Waals surface area (Å²) in [5, 5.41) is 9.44.